The van der Waals surface area contributed by atoms with Gasteiger partial charge in [-0.3, -0.25) is 9.69 Å². The highest BCUT2D eigenvalue weighted by Crippen LogP contribution is 2.50. The van der Waals surface area contributed by atoms with E-state index in [1.807, 2.05) is 36.5 Å². The van der Waals surface area contributed by atoms with Crippen LogP contribution in [0.3, 0.4) is 0 Å². The number of aromatic carboxylic acids is 1. The predicted octanol–water partition coefficient (Wildman–Crippen LogP) is 9.95. The van der Waals surface area contributed by atoms with E-state index in [1.54, 1.807) is 18.3 Å². The third kappa shape index (κ3) is 7.68. The number of ether oxygens (including phenoxy) is 1. The van der Waals surface area contributed by atoms with Gasteiger partial charge in [-0.15, -0.1) is 0 Å². The number of carbonyl (C=O) groups is 3. The first kappa shape index (κ1) is 38.6. The summed E-state index contributed by atoms with van der Waals surface area (Å²) in [5.41, 5.74) is 6.82. The van der Waals surface area contributed by atoms with Gasteiger partial charge in [0, 0.05) is 58.3 Å². The molecule has 3 N–H and O–H groups in total. The maximum atomic E-state index is 14.1. The highest BCUT2D eigenvalue weighted by Gasteiger charge is 2.46. The summed E-state index contributed by atoms with van der Waals surface area (Å²) in [5, 5.41) is 14.9. The molecule has 0 aliphatic heterocycles. The zero-order valence-corrected chi connectivity index (χ0v) is 32.6. The SMILES string of the molecule is COC(=O)c1cc(C2CC2)cnc1N(C(=O)C(F)(F)F)c1ccc2[nH]c(CC3CC3c3cnc(Nc4ccc5c(ccn5Cc5ccc(C)cc5)c4)c(C(=O)O)c3)cc2c1. The van der Waals surface area contributed by atoms with E-state index in [0.717, 1.165) is 55.1 Å². The van der Waals surface area contributed by atoms with Crippen LogP contribution in [0.1, 0.15) is 79.8 Å². The number of carbonyl (C=O) groups excluding carboxylic acids is 2. The van der Waals surface area contributed by atoms with E-state index < -0.39 is 29.8 Å². The second-order valence-electron chi connectivity index (χ2n) is 15.7. The third-order valence-corrected chi connectivity index (χ3v) is 11.4. The number of amides is 1. The van der Waals surface area contributed by atoms with E-state index in [4.69, 9.17) is 4.74 Å². The lowest BCUT2D eigenvalue weighted by Gasteiger charge is -2.25. The van der Waals surface area contributed by atoms with Crippen LogP contribution in [0.2, 0.25) is 0 Å². The topological polar surface area (TPSA) is 142 Å². The summed E-state index contributed by atoms with van der Waals surface area (Å²) in [6, 6.07) is 25.7. The number of carboxylic acid groups (broad SMARTS) is 1. The van der Waals surface area contributed by atoms with Crippen LogP contribution in [0.4, 0.5) is 36.2 Å². The normalized spacial score (nSPS) is 16.2. The number of aryl methyl sites for hydroxylation is 1. The molecular formula is C46H39F3N6O5. The standard InChI is InChI=1S/C46H39F3N6O5/c1-25-3-5-26(6-4-25)24-54-14-13-28-15-33(9-12-40(28)54)53-41-37(43(56)57)21-32(23-50-41)36-19-29(36)16-34-17-30-18-35(10-11-39(30)52-34)55(45(59)46(47,48)49)42-38(44(58)60-2)20-31(22-51-42)27-7-8-27/h3-6,9-15,17-18,20-23,27,29,36,52H,7-8,16,19,24H2,1-2H3,(H,50,53)(H,56,57). The fraction of sp³-hybridized carbons (Fsp3) is 0.239. The van der Waals surface area contributed by atoms with Crippen LogP contribution in [0, 0.1) is 12.8 Å². The Balaban J connectivity index is 0.915. The molecule has 2 aliphatic rings. The number of nitrogens with zero attached hydrogens (tertiary/aromatic N) is 4. The molecule has 2 atom stereocenters. The number of aromatic nitrogens is 4. The van der Waals surface area contributed by atoms with Crippen molar-refractivity contribution in [2.75, 3.05) is 17.3 Å². The number of hydrogen-bond donors (Lipinski definition) is 3. The van der Waals surface area contributed by atoms with Gasteiger partial charge in [0.05, 0.1) is 12.8 Å². The molecule has 304 valence electrons. The minimum Gasteiger partial charge on any atom is -0.478 e. The van der Waals surface area contributed by atoms with Gasteiger partial charge in [-0.2, -0.15) is 13.2 Å². The number of esters is 1. The molecule has 4 aromatic heterocycles. The molecule has 0 radical (unpaired) electrons. The molecule has 11 nitrogen and oxygen atoms in total. The smallest absolute Gasteiger partial charge is 0.472 e. The molecular weight excluding hydrogens is 774 g/mol. The van der Waals surface area contributed by atoms with Crippen molar-refractivity contribution in [3.63, 3.8) is 0 Å². The first-order chi connectivity index (χ1) is 28.8. The van der Waals surface area contributed by atoms with Gasteiger partial charge in [0.25, 0.3) is 0 Å². The lowest BCUT2D eigenvalue weighted by Crippen LogP contribution is -2.39. The van der Waals surface area contributed by atoms with Crippen molar-refractivity contribution >= 4 is 62.7 Å². The number of benzene rings is 3. The summed E-state index contributed by atoms with van der Waals surface area (Å²) in [4.78, 5) is 50.7. The number of aromatic amines is 1. The Bertz CT molecular complexity index is 2830. The average Bonchev–Trinajstić information content (AvgIpc) is 4.15. The summed E-state index contributed by atoms with van der Waals surface area (Å²) in [6.45, 7) is 2.79. The Hall–Kier alpha value is -6.96. The minimum atomic E-state index is -5.27. The monoisotopic (exact) mass is 812 g/mol. The minimum absolute atomic E-state index is 0.0533. The van der Waals surface area contributed by atoms with Crippen molar-refractivity contribution < 1.29 is 37.4 Å². The quantitative estimate of drug-likeness (QED) is 0.104. The van der Waals surface area contributed by atoms with Crippen molar-refractivity contribution in [3.05, 3.63) is 143 Å². The molecule has 2 fully saturated rings. The zero-order chi connectivity index (χ0) is 41.9. The molecule has 1 amide bonds. The third-order valence-electron chi connectivity index (χ3n) is 11.4. The van der Waals surface area contributed by atoms with E-state index in [0.29, 0.717) is 33.5 Å². The summed E-state index contributed by atoms with van der Waals surface area (Å²) in [5.74, 6) is -4.08. The van der Waals surface area contributed by atoms with Crippen molar-refractivity contribution in [2.45, 2.75) is 57.2 Å². The Morgan fingerprint density at radius 1 is 0.917 bits per heavy atom. The molecule has 2 aliphatic carbocycles. The van der Waals surface area contributed by atoms with Crippen LogP contribution in [0.15, 0.2) is 104 Å². The fourth-order valence-electron chi connectivity index (χ4n) is 8.00. The number of pyridine rings is 2. The zero-order valence-electron chi connectivity index (χ0n) is 32.6. The van der Waals surface area contributed by atoms with Crippen LogP contribution in [-0.4, -0.2) is 55.8 Å². The Morgan fingerprint density at radius 3 is 2.42 bits per heavy atom. The molecule has 7 aromatic rings. The lowest BCUT2D eigenvalue weighted by atomic mass is 10.1. The number of halogens is 3. The van der Waals surface area contributed by atoms with Crippen LogP contribution < -0.4 is 10.2 Å². The fourth-order valence-corrected chi connectivity index (χ4v) is 8.00. The number of carboxylic acids is 1. The number of H-pyrrole nitrogens is 1. The largest absolute Gasteiger partial charge is 0.478 e. The van der Waals surface area contributed by atoms with Crippen LogP contribution in [0.25, 0.3) is 21.8 Å². The van der Waals surface area contributed by atoms with Gasteiger partial charge in [0.1, 0.15) is 16.9 Å². The summed E-state index contributed by atoms with van der Waals surface area (Å²) >= 11 is 0. The van der Waals surface area contributed by atoms with Crippen molar-refractivity contribution in [1.82, 2.24) is 19.5 Å². The van der Waals surface area contributed by atoms with E-state index in [1.165, 1.54) is 35.5 Å². The first-order valence-electron chi connectivity index (χ1n) is 19.6. The number of fused-ring (bicyclic) bond motifs is 2. The van der Waals surface area contributed by atoms with Gasteiger partial charge >= 0.3 is 24.0 Å². The van der Waals surface area contributed by atoms with Crippen LogP contribution >= 0.6 is 0 Å². The molecule has 2 saturated carbocycles. The number of rotatable bonds is 12. The second kappa shape index (κ2) is 15.0. The van der Waals surface area contributed by atoms with E-state index in [9.17, 15) is 32.7 Å². The van der Waals surface area contributed by atoms with E-state index in [-0.39, 0.29) is 40.4 Å². The van der Waals surface area contributed by atoms with Crippen LogP contribution in [0.5, 0.6) is 0 Å². The molecule has 4 heterocycles. The number of nitrogens with one attached hydrogen (secondary N) is 2. The highest BCUT2D eigenvalue weighted by atomic mass is 19.4. The summed E-state index contributed by atoms with van der Waals surface area (Å²) in [6.07, 6.45) is 2.99. The molecule has 60 heavy (non-hydrogen) atoms. The van der Waals surface area contributed by atoms with Gasteiger partial charge in [-0.05, 0) is 128 Å². The first-order valence-corrected chi connectivity index (χ1v) is 19.6. The number of methoxy groups -OCH3 is 1. The van der Waals surface area contributed by atoms with E-state index >= 15 is 0 Å². The molecule has 9 rings (SSSR count). The van der Waals surface area contributed by atoms with Gasteiger partial charge < -0.3 is 24.7 Å². The second-order valence-corrected chi connectivity index (χ2v) is 15.7. The van der Waals surface area contributed by atoms with Gasteiger partial charge in [-0.25, -0.2) is 19.6 Å². The maximum Gasteiger partial charge on any atom is 0.472 e. The lowest BCUT2D eigenvalue weighted by molar-refractivity contribution is -0.169. The predicted molar refractivity (Wildman–Crippen MR) is 220 cm³/mol. The Kier molecular flexibility index (Phi) is 9.64. The van der Waals surface area contributed by atoms with Gasteiger partial charge in [0.2, 0.25) is 0 Å². The van der Waals surface area contributed by atoms with E-state index in [2.05, 4.69) is 56.0 Å². The molecule has 3 aromatic carbocycles. The summed E-state index contributed by atoms with van der Waals surface area (Å²) < 4.78 is 49.3. The molecule has 2 unspecified atom stereocenters. The maximum absolute atomic E-state index is 14.1. The van der Waals surface area contributed by atoms with Gasteiger partial charge in [-0.1, -0.05) is 29.8 Å². The summed E-state index contributed by atoms with van der Waals surface area (Å²) in [7, 11) is 1.12. The van der Waals surface area contributed by atoms with Crippen LogP contribution in [-0.2, 0) is 22.5 Å². The average molecular weight is 813 g/mol. The molecule has 14 heteroatoms. The number of anilines is 4. The van der Waals surface area contributed by atoms with Gasteiger partial charge in [0.15, 0.2) is 5.82 Å². The van der Waals surface area contributed by atoms with Crippen molar-refractivity contribution in [3.8, 4) is 0 Å². The molecule has 0 bridgehead atoms. The Morgan fingerprint density at radius 2 is 1.68 bits per heavy atom. The highest BCUT2D eigenvalue weighted by molar-refractivity contribution is 6.08. The Labute approximate surface area is 341 Å². The number of hydrogen-bond acceptors (Lipinski definition) is 7. The molecule has 0 saturated heterocycles. The number of alkyl halides is 3. The molecule has 0 spiro atoms. The van der Waals surface area contributed by atoms with Crippen molar-refractivity contribution in [1.29, 1.82) is 0 Å². The van der Waals surface area contributed by atoms with Crippen molar-refractivity contribution in [2.24, 2.45) is 5.92 Å².